The fraction of sp³-hybridized carbons (Fsp3) is 0.389. The molecule has 6 nitrogen and oxygen atoms in total. The SMILES string of the molecule is COc1cncc([C@H](NC(=O)Cc2ccncc2)C2CC(O)C2)c1. The van der Waals surface area contributed by atoms with Crippen LogP contribution in [0.3, 0.4) is 0 Å². The van der Waals surface area contributed by atoms with Gasteiger partial charge in [0.25, 0.3) is 0 Å². The van der Waals surface area contributed by atoms with E-state index in [1.807, 2.05) is 18.2 Å². The van der Waals surface area contributed by atoms with Crippen LogP contribution in [0.1, 0.15) is 30.0 Å². The first kappa shape index (κ1) is 16.4. The molecule has 2 aromatic heterocycles. The number of amides is 1. The smallest absolute Gasteiger partial charge is 0.224 e. The monoisotopic (exact) mass is 327 g/mol. The lowest BCUT2D eigenvalue weighted by Crippen LogP contribution is -2.41. The molecule has 0 radical (unpaired) electrons. The van der Waals surface area contributed by atoms with Crippen molar-refractivity contribution in [2.45, 2.75) is 31.4 Å². The zero-order valence-electron chi connectivity index (χ0n) is 13.6. The molecule has 1 aliphatic carbocycles. The van der Waals surface area contributed by atoms with Gasteiger partial charge in [-0.3, -0.25) is 14.8 Å². The number of hydrogen-bond donors (Lipinski definition) is 2. The Bertz CT molecular complexity index is 687. The van der Waals surface area contributed by atoms with Crippen LogP contribution in [0.5, 0.6) is 5.75 Å². The molecule has 0 aromatic carbocycles. The quantitative estimate of drug-likeness (QED) is 0.843. The molecule has 3 rings (SSSR count). The molecular formula is C18H21N3O3. The average Bonchev–Trinajstić information content (AvgIpc) is 2.58. The average molecular weight is 327 g/mol. The van der Waals surface area contributed by atoms with Gasteiger partial charge in [0.1, 0.15) is 5.75 Å². The van der Waals surface area contributed by atoms with Crippen LogP contribution in [-0.4, -0.2) is 34.2 Å². The van der Waals surface area contributed by atoms with E-state index >= 15 is 0 Å². The van der Waals surface area contributed by atoms with Gasteiger partial charge in [0.15, 0.2) is 0 Å². The molecule has 0 aliphatic heterocycles. The number of methoxy groups -OCH3 is 1. The molecule has 1 atom stereocenters. The summed E-state index contributed by atoms with van der Waals surface area (Å²) in [5, 5.41) is 12.7. The second-order valence-corrected chi connectivity index (χ2v) is 6.12. The lowest BCUT2D eigenvalue weighted by Gasteiger charge is -2.38. The minimum Gasteiger partial charge on any atom is -0.495 e. The van der Waals surface area contributed by atoms with E-state index < -0.39 is 0 Å². The van der Waals surface area contributed by atoms with Crippen LogP contribution in [0.4, 0.5) is 0 Å². The van der Waals surface area contributed by atoms with Crippen molar-refractivity contribution in [2.24, 2.45) is 5.92 Å². The van der Waals surface area contributed by atoms with Crippen molar-refractivity contribution in [3.05, 3.63) is 54.1 Å². The van der Waals surface area contributed by atoms with Crippen LogP contribution in [0, 0.1) is 5.92 Å². The Labute approximate surface area is 140 Å². The topological polar surface area (TPSA) is 84.3 Å². The number of ether oxygens (including phenoxy) is 1. The van der Waals surface area contributed by atoms with Crippen LogP contribution in [0.2, 0.25) is 0 Å². The lowest BCUT2D eigenvalue weighted by molar-refractivity contribution is -0.122. The van der Waals surface area contributed by atoms with Gasteiger partial charge in [-0.05, 0) is 48.1 Å². The second kappa shape index (κ2) is 7.40. The zero-order valence-corrected chi connectivity index (χ0v) is 13.6. The van der Waals surface area contributed by atoms with Crippen LogP contribution in [0.25, 0.3) is 0 Å². The number of aromatic nitrogens is 2. The van der Waals surface area contributed by atoms with Crippen molar-refractivity contribution < 1.29 is 14.6 Å². The van der Waals surface area contributed by atoms with E-state index in [1.54, 1.807) is 31.9 Å². The van der Waals surface area contributed by atoms with Gasteiger partial charge in [-0.25, -0.2) is 0 Å². The Morgan fingerprint density at radius 3 is 2.75 bits per heavy atom. The molecule has 6 heteroatoms. The van der Waals surface area contributed by atoms with Crippen molar-refractivity contribution in [3.63, 3.8) is 0 Å². The standard InChI is InChI=1S/C18H21N3O3/c1-24-16-9-14(10-20-11-16)18(13-7-15(22)8-13)21-17(23)6-12-2-4-19-5-3-12/h2-5,9-11,13,15,18,22H,6-8H2,1H3,(H,21,23)/t13?,15?,18-/m1/s1. The minimum atomic E-state index is -0.284. The zero-order chi connectivity index (χ0) is 16.9. The summed E-state index contributed by atoms with van der Waals surface area (Å²) in [6.45, 7) is 0. The highest BCUT2D eigenvalue weighted by atomic mass is 16.5. The maximum atomic E-state index is 12.4. The van der Waals surface area contributed by atoms with Crippen molar-refractivity contribution >= 4 is 5.91 Å². The Kier molecular flexibility index (Phi) is 5.05. The summed E-state index contributed by atoms with van der Waals surface area (Å²) in [5.41, 5.74) is 1.81. The largest absolute Gasteiger partial charge is 0.495 e. The Hall–Kier alpha value is -2.47. The van der Waals surface area contributed by atoms with E-state index in [2.05, 4.69) is 15.3 Å². The van der Waals surface area contributed by atoms with E-state index in [1.165, 1.54) is 0 Å². The molecule has 2 N–H and O–H groups in total. The van der Waals surface area contributed by atoms with E-state index in [-0.39, 0.29) is 24.0 Å². The second-order valence-electron chi connectivity index (χ2n) is 6.12. The number of carbonyl (C=O) groups is 1. The third kappa shape index (κ3) is 3.89. The fourth-order valence-electron chi connectivity index (χ4n) is 3.00. The van der Waals surface area contributed by atoms with Gasteiger partial charge < -0.3 is 15.2 Å². The summed E-state index contributed by atoms with van der Waals surface area (Å²) in [6, 6.07) is 5.36. The van der Waals surface area contributed by atoms with E-state index in [9.17, 15) is 9.90 Å². The van der Waals surface area contributed by atoms with Crippen molar-refractivity contribution in [3.8, 4) is 5.75 Å². The van der Waals surface area contributed by atoms with Gasteiger partial charge in [0.2, 0.25) is 5.91 Å². The normalized spacial score (nSPS) is 20.8. The number of carbonyl (C=O) groups excluding carboxylic acids is 1. The number of aliphatic hydroxyl groups excluding tert-OH is 1. The predicted octanol–water partition coefficient (Wildman–Crippen LogP) is 1.66. The van der Waals surface area contributed by atoms with Gasteiger partial charge >= 0.3 is 0 Å². The lowest BCUT2D eigenvalue weighted by atomic mass is 9.75. The van der Waals surface area contributed by atoms with Gasteiger partial charge in [-0.15, -0.1) is 0 Å². The molecule has 0 bridgehead atoms. The van der Waals surface area contributed by atoms with Crippen molar-refractivity contribution in [1.29, 1.82) is 0 Å². The first-order valence-electron chi connectivity index (χ1n) is 8.01. The van der Waals surface area contributed by atoms with Gasteiger partial charge in [0.05, 0.1) is 31.9 Å². The highest BCUT2D eigenvalue weighted by Crippen LogP contribution is 2.38. The number of nitrogens with one attached hydrogen (secondary N) is 1. The number of nitrogens with zero attached hydrogens (tertiary/aromatic N) is 2. The van der Waals surface area contributed by atoms with Gasteiger partial charge in [0, 0.05) is 18.6 Å². The molecule has 1 aliphatic rings. The molecular weight excluding hydrogens is 306 g/mol. The van der Waals surface area contributed by atoms with Gasteiger partial charge in [-0.1, -0.05) is 0 Å². The number of rotatable bonds is 6. The van der Waals surface area contributed by atoms with E-state index in [0.717, 1.165) is 11.1 Å². The van der Waals surface area contributed by atoms with Crippen LogP contribution in [-0.2, 0) is 11.2 Å². The molecule has 2 aromatic rings. The summed E-state index contributed by atoms with van der Waals surface area (Å²) in [6.07, 6.45) is 8.09. The van der Waals surface area contributed by atoms with E-state index in [0.29, 0.717) is 25.0 Å². The van der Waals surface area contributed by atoms with Gasteiger partial charge in [-0.2, -0.15) is 0 Å². The third-order valence-electron chi connectivity index (χ3n) is 4.38. The summed E-state index contributed by atoms with van der Waals surface area (Å²) >= 11 is 0. The summed E-state index contributed by atoms with van der Waals surface area (Å²) in [5.74, 6) is 0.798. The maximum absolute atomic E-state index is 12.4. The van der Waals surface area contributed by atoms with Crippen molar-refractivity contribution in [1.82, 2.24) is 15.3 Å². The predicted molar refractivity (Wildman–Crippen MR) is 88.3 cm³/mol. The summed E-state index contributed by atoms with van der Waals surface area (Å²) in [4.78, 5) is 20.6. The molecule has 1 fully saturated rings. The summed E-state index contributed by atoms with van der Waals surface area (Å²) in [7, 11) is 1.59. The van der Waals surface area contributed by atoms with Crippen molar-refractivity contribution in [2.75, 3.05) is 7.11 Å². The highest BCUT2D eigenvalue weighted by molar-refractivity contribution is 5.79. The molecule has 0 spiro atoms. The molecule has 2 heterocycles. The molecule has 24 heavy (non-hydrogen) atoms. The maximum Gasteiger partial charge on any atom is 0.224 e. The van der Waals surface area contributed by atoms with Crippen LogP contribution in [0.15, 0.2) is 43.0 Å². The Morgan fingerprint density at radius 2 is 2.08 bits per heavy atom. The first-order chi connectivity index (χ1) is 11.7. The molecule has 1 saturated carbocycles. The first-order valence-corrected chi connectivity index (χ1v) is 8.01. The number of pyridine rings is 2. The minimum absolute atomic E-state index is 0.0598. The third-order valence-corrected chi connectivity index (χ3v) is 4.38. The Balaban J connectivity index is 1.73. The summed E-state index contributed by atoms with van der Waals surface area (Å²) < 4.78 is 5.23. The van der Waals surface area contributed by atoms with Crippen LogP contribution < -0.4 is 10.1 Å². The van der Waals surface area contributed by atoms with E-state index in [4.69, 9.17) is 4.74 Å². The molecule has 0 saturated heterocycles. The molecule has 1 amide bonds. The molecule has 126 valence electrons. The van der Waals surface area contributed by atoms with Crippen LogP contribution >= 0.6 is 0 Å². The number of aliphatic hydroxyl groups is 1. The number of hydrogen-bond acceptors (Lipinski definition) is 5. The Morgan fingerprint density at radius 1 is 1.33 bits per heavy atom. The highest BCUT2D eigenvalue weighted by Gasteiger charge is 2.36. The fourth-order valence-corrected chi connectivity index (χ4v) is 3.00. The molecule has 0 unspecified atom stereocenters.